The predicted octanol–water partition coefficient (Wildman–Crippen LogP) is 3.57. The predicted molar refractivity (Wildman–Crippen MR) is 86.9 cm³/mol. The fourth-order valence-corrected chi connectivity index (χ4v) is 2.01. The van der Waals surface area contributed by atoms with Crippen LogP contribution in [0.2, 0.25) is 15.1 Å². The maximum absolute atomic E-state index is 11.6. The van der Waals surface area contributed by atoms with Gasteiger partial charge in [0.1, 0.15) is 5.75 Å². The van der Waals surface area contributed by atoms with Gasteiger partial charge >= 0.3 is 0 Å². The van der Waals surface area contributed by atoms with Crippen LogP contribution >= 0.6 is 34.8 Å². The minimum Gasteiger partial charge on any atom is -0.482 e. The zero-order chi connectivity index (χ0) is 15.9. The number of halogens is 3. The Labute approximate surface area is 141 Å². The monoisotopic (exact) mass is 357 g/mol. The molecule has 22 heavy (non-hydrogen) atoms. The first-order valence-electron chi connectivity index (χ1n) is 6.05. The van der Waals surface area contributed by atoms with E-state index in [2.05, 4.69) is 15.5 Å². The summed E-state index contributed by atoms with van der Waals surface area (Å²) in [5, 5.41) is 4.66. The van der Waals surface area contributed by atoms with E-state index in [1.54, 1.807) is 24.5 Å². The molecule has 2 rings (SSSR count). The summed E-state index contributed by atoms with van der Waals surface area (Å²) in [5.41, 5.74) is 3.14. The van der Waals surface area contributed by atoms with E-state index in [9.17, 15) is 4.79 Å². The lowest BCUT2D eigenvalue weighted by Gasteiger charge is -2.08. The summed E-state index contributed by atoms with van der Waals surface area (Å²) < 4.78 is 5.27. The van der Waals surface area contributed by atoms with Crippen molar-refractivity contribution in [2.75, 3.05) is 6.61 Å². The van der Waals surface area contributed by atoms with Crippen molar-refractivity contribution >= 4 is 46.9 Å². The van der Waals surface area contributed by atoms with Crippen molar-refractivity contribution in [3.05, 3.63) is 57.3 Å². The topological polar surface area (TPSA) is 63.6 Å². The fraction of sp³-hybridized carbons (Fsp3) is 0.0714. The van der Waals surface area contributed by atoms with Crippen molar-refractivity contribution in [2.45, 2.75) is 0 Å². The second-order valence-corrected chi connectivity index (χ2v) is 5.28. The third-order valence-electron chi connectivity index (χ3n) is 2.44. The fourth-order valence-electron chi connectivity index (χ4n) is 1.42. The molecule has 0 bridgehead atoms. The van der Waals surface area contributed by atoms with E-state index in [4.69, 9.17) is 39.5 Å². The van der Waals surface area contributed by atoms with Gasteiger partial charge in [-0.1, -0.05) is 34.8 Å². The Morgan fingerprint density at radius 3 is 2.59 bits per heavy atom. The van der Waals surface area contributed by atoms with Gasteiger partial charge in [-0.2, -0.15) is 5.10 Å². The molecule has 0 saturated heterocycles. The first-order chi connectivity index (χ1) is 10.6. The summed E-state index contributed by atoms with van der Waals surface area (Å²) in [6.45, 7) is -0.259. The SMILES string of the molecule is O=C(COc1cc(Cl)c(Cl)cc1Cl)N/N=C/c1ccncc1. The summed E-state index contributed by atoms with van der Waals surface area (Å²) in [6.07, 6.45) is 4.74. The number of nitrogens with one attached hydrogen (secondary N) is 1. The molecule has 0 spiro atoms. The van der Waals surface area contributed by atoms with Crippen LogP contribution in [0.3, 0.4) is 0 Å². The molecule has 0 aliphatic rings. The Bertz CT molecular complexity index is 693. The van der Waals surface area contributed by atoms with Crippen LogP contribution in [0, 0.1) is 0 Å². The van der Waals surface area contributed by atoms with Crippen LogP contribution < -0.4 is 10.2 Å². The van der Waals surface area contributed by atoms with E-state index in [0.29, 0.717) is 5.02 Å². The Hall–Kier alpha value is -1.82. The largest absolute Gasteiger partial charge is 0.482 e. The van der Waals surface area contributed by atoms with Crippen LogP contribution in [0.5, 0.6) is 5.75 Å². The first kappa shape index (κ1) is 16.5. The van der Waals surface area contributed by atoms with E-state index >= 15 is 0 Å². The molecule has 1 N–H and O–H groups in total. The Morgan fingerprint density at radius 1 is 1.18 bits per heavy atom. The lowest BCUT2D eigenvalue weighted by atomic mass is 10.3. The van der Waals surface area contributed by atoms with Crippen molar-refractivity contribution in [3.8, 4) is 5.75 Å². The molecule has 0 aliphatic carbocycles. The van der Waals surface area contributed by atoms with Gasteiger partial charge in [-0.3, -0.25) is 9.78 Å². The summed E-state index contributed by atoms with van der Waals surface area (Å²) >= 11 is 17.6. The molecule has 1 heterocycles. The maximum atomic E-state index is 11.6. The van der Waals surface area contributed by atoms with Crippen LogP contribution in [0.25, 0.3) is 0 Å². The van der Waals surface area contributed by atoms with E-state index < -0.39 is 5.91 Å². The van der Waals surface area contributed by atoms with Gasteiger partial charge in [0.25, 0.3) is 5.91 Å². The Balaban J connectivity index is 1.86. The molecule has 1 aromatic heterocycles. The molecular weight excluding hydrogens is 349 g/mol. The molecule has 114 valence electrons. The number of amides is 1. The molecular formula is C14H10Cl3N3O2. The van der Waals surface area contributed by atoms with Gasteiger partial charge in [-0.25, -0.2) is 5.43 Å². The molecule has 8 heteroatoms. The summed E-state index contributed by atoms with van der Waals surface area (Å²) in [5.74, 6) is -0.170. The van der Waals surface area contributed by atoms with Gasteiger partial charge in [0.05, 0.1) is 21.3 Å². The highest BCUT2D eigenvalue weighted by Gasteiger charge is 2.09. The Kier molecular flexibility index (Phi) is 6.00. The van der Waals surface area contributed by atoms with Crippen molar-refractivity contribution in [1.29, 1.82) is 0 Å². The average Bonchev–Trinajstić information content (AvgIpc) is 2.50. The zero-order valence-corrected chi connectivity index (χ0v) is 13.4. The third-order valence-corrected chi connectivity index (χ3v) is 3.46. The molecule has 1 aromatic carbocycles. The number of hydrazone groups is 1. The molecule has 0 unspecified atom stereocenters. The lowest BCUT2D eigenvalue weighted by Crippen LogP contribution is -2.24. The third kappa shape index (κ3) is 4.87. The molecule has 0 aliphatic heterocycles. The van der Waals surface area contributed by atoms with Gasteiger partial charge in [0, 0.05) is 18.5 Å². The number of ether oxygens (including phenoxy) is 1. The number of benzene rings is 1. The highest BCUT2D eigenvalue weighted by Crippen LogP contribution is 2.33. The number of pyridine rings is 1. The average molecular weight is 359 g/mol. The number of hydrogen-bond acceptors (Lipinski definition) is 4. The van der Waals surface area contributed by atoms with Gasteiger partial charge < -0.3 is 4.74 Å². The van der Waals surface area contributed by atoms with E-state index in [1.165, 1.54) is 18.3 Å². The summed E-state index contributed by atoms with van der Waals surface area (Å²) in [7, 11) is 0. The Morgan fingerprint density at radius 2 is 1.86 bits per heavy atom. The first-order valence-corrected chi connectivity index (χ1v) is 7.19. The molecule has 0 fully saturated rings. The molecule has 0 saturated carbocycles. The second-order valence-electron chi connectivity index (χ2n) is 4.06. The number of aromatic nitrogens is 1. The number of hydrogen-bond donors (Lipinski definition) is 1. The standard InChI is InChI=1S/C14H10Cl3N3O2/c15-10-5-12(17)13(6-11(10)16)22-8-14(21)20-19-7-9-1-3-18-4-2-9/h1-7H,8H2,(H,20,21)/b19-7+. The number of nitrogens with zero attached hydrogens (tertiary/aromatic N) is 2. The van der Waals surface area contributed by atoms with Crippen LogP contribution in [-0.4, -0.2) is 23.7 Å². The normalized spacial score (nSPS) is 10.7. The van der Waals surface area contributed by atoms with E-state index in [1.807, 2.05) is 0 Å². The minimum atomic E-state index is -0.438. The molecule has 0 radical (unpaired) electrons. The number of carbonyl (C=O) groups is 1. The van der Waals surface area contributed by atoms with Crippen molar-refractivity contribution in [2.24, 2.45) is 5.10 Å². The van der Waals surface area contributed by atoms with Gasteiger partial charge in [0.2, 0.25) is 0 Å². The highest BCUT2D eigenvalue weighted by molar-refractivity contribution is 6.43. The number of carbonyl (C=O) groups excluding carboxylic acids is 1. The summed E-state index contributed by atoms with van der Waals surface area (Å²) in [4.78, 5) is 15.5. The molecule has 0 atom stereocenters. The van der Waals surface area contributed by atoms with Crippen LogP contribution in [-0.2, 0) is 4.79 Å². The molecule has 2 aromatic rings. The molecule has 1 amide bonds. The quantitative estimate of drug-likeness (QED) is 0.505. The highest BCUT2D eigenvalue weighted by atomic mass is 35.5. The second kappa shape index (κ2) is 7.98. The van der Waals surface area contributed by atoms with Crippen LogP contribution in [0.4, 0.5) is 0 Å². The number of rotatable bonds is 5. The van der Waals surface area contributed by atoms with Gasteiger partial charge in [-0.15, -0.1) is 0 Å². The minimum absolute atomic E-state index is 0.259. The van der Waals surface area contributed by atoms with Gasteiger partial charge in [-0.05, 0) is 23.8 Å². The van der Waals surface area contributed by atoms with Crippen LogP contribution in [0.1, 0.15) is 5.56 Å². The molecule has 5 nitrogen and oxygen atoms in total. The zero-order valence-electron chi connectivity index (χ0n) is 11.1. The lowest BCUT2D eigenvalue weighted by molar-refractivity contribution is -0.123. The van der Waals surface area contributed by atoms with E-state index in [-0.39, 0.29) is 22.4 Å². The van der Waals surface area contributed by atoms with Crippen molar-refractivity contribution < 1.29 is 9.53 Å². The smallest absolute Gasteiger partial charge is 0.277 e. The van der Waals surface area contributed by atoms with Crippen molar-refractivity contribution in [3.63, 3.8) is 0 Å². The van der Waals surface area contributed by atoms with E-state index in [0.717, 1.165) is 5.56 Å². The maximum Gasteiger partial charge on any atom is 0.277 e. The van der Waals surface area contributed by atoms with Crippen molar-refractivity contribution in [1.82, 2.24) is 10.4 Å². The van der Waals surface area contributed by atoms with Gasteiger partial charge in [0.15, 0.2) is 6.61 Å². The summed E-state index contributed by atoms with van der Waals surface area (Å²) in [6, 6.07) is 6.39. The van der Waals surface area contributed by atoms with Crippen LogP contribution in [0.15, 0.2) is 41.8 Å².